The Labute approximate surface area is 85.0 Å². The van der Waals surface area contributed by atoms with Crippen LogP contribution in [-0.2, 0) is 4.79 Å². The van der Waals surface area contributed by atoms with Crippen molar-refractivity contribution < 1.29 is 9.90 Å². The summed E-state index contributed by atoms with van der Waals surface area (Å²) < 4.78 is 0. The molecule has 2 rings (SSSR count). The van der Waals surface area contributed by atoms with E-state index in [9.17, 15) is 4.79 Å². The Morgan fingerprint density at radius 1 is 1.29 bits per heavy atom. The Balaban J connectivity index is 2.30. The van der Waals surface area contributed by atoms with Crippen molar-refractivity contribution in [3.05, 3.63) is 11.1 Å². The number of hydrogen-bond donors (Lipinski definition) is 1. The minimum atomic E-state index is -0.743. The van der Waals surface area contributed by atoms with Gasteiger partial charge in [-0.05, 0) is 57.3 Å². The van der Waals surface area contributed by atoms with E-state index in [0.29, 0.717) is 5.57 Å². The lowest BCUT2D eigenvalue weighted by Gasteiger charge is -2.28. The van der Waals surface area contributed by atoms with Crippen molar-refractivity contribution in [3.63, 3.8) is 0 Å². The highest BCUT2D eigenvalue weighted by molar-refractivity contribution is 5.87. The number of carboxylic acid groups (broad SMARTS) is 1. The van der Waals surface area contributed by atoms with Crippen LogP contribution in [0.5, 0.6) is 0 Å². The van der Waals surface area contributed by atoms with Gasteiger partial charge in [0.05, 0.1) is 0 Å². The van der Waals surface area contributed by atoms with Crippen molar-refractivity contribution in [1.29, 1.82) is 0 Å². The van der Waals surface area contributed by atoms with Gasteiger partial charge in [0.2, 0.25) is 0 Å². The van der Waals surface area contributed by atoms with Crippen LogP contribution < -0.4 is 0 Å². The van der Waals surface area contributed by atoms with E-state index < -0.39 is 5.97 Å². The van der Waals surface area contributed by atoms with E-state index in [1.807, 2.05) is 6.92 Å². The molecule has 0 radical (unpaired) electrons. The number of allylic oxidation sites excluding steroid dienone is 1. The molecular formula is C12H18O2. The molecule has 0 aromatic heterocycles. The van der Waals surface area contributed by atoms with E-state index in [2.05, 4.69) is 0 Å². The molecule has 0 aromatic carbocycles. The third-order valence-corrected chi connectivity index (χ3v) is 4.42. The van der Waals surface area contributed by atoms with Crippen molar-refractivity contribution in [2.24, 2.45) is 11.3 Å². The molecule has 2 heteroatoms. The SMILES string of the molecule is CC(C(=O)O)=C(C)C12CCC(CC1)C2. The van der Waals surface area contributed by atoms with Crippen LogP contribution in [0.1, 0.15) is 46.0 Å². The Kier molecular flexibility index (Phi) is 2.17. The lowest BCUT2D eigenvalue weighted by Crippen LogP contribution is -2.18. The van der Waals surface area contributed by atoms with Crippen LogP contribution in [-0.4, -0.2) is 11.1 Å². The molecule has 2 saturated carbocycles. The summed E-state index contributed by atoms with van der Waals surface area (Å²) in [6.07, 6.45) is 6.29. The zero-order valence-electron chi connectivity index (χ0n) is 8.97. The number of carboxylic acids is 1. The predicted molar refractivity (Wildman–Crippen MR) is 55.0 cm³/mol. The third kappa shape index (κ3) is 1.28. The minimum Gasteiger partial charge on any atom is -0.478 e. The van der Waals surface area contributed by atoms with Crippen LogP contribution in [0.25, 0.3) is 0 Å². The maximum absolute atomic E-state index is 10.9. The molecule has 0 heterocycles. The second kappa shape index (κ2) is 3.11. The zero-order chi connectivity index (χ0) is 10.3. The van der Waals surface area contributed by atoms with Crippen molar-refractivity contribution in [1.82, 2.24) is 0 Å². The van der Waals surface area contributed by atoms with Crippen LogP contribution in [0.3, 0.4) is 0 Å². The first-order chi connectivity index (χ1) is 6.55. The van der Waals surface area contributed by atoms with Gasteiger partial charge in [-0.1, -0.05) is 5.57 Å². The molecule has 0 unspecified atom stereocenters. The van der Waals surface area contributed by atoms with Crippen molar-refractivity contribution >= 4 is 5.97 Å². The molecule has 0 amide bonds. The highest BCUT2D eigenvalue weighted by atomic mass is 16.4. The fourth-order valence-corrected chi connectivity index (χ4v) is 3.28. The van der Waals surface area contributed by atoms with Crippen molar-refractivity contribution in [2.45, 2.75) is 46.0 Å². The van der Waals surface area contributed by atoms with Crippen LogP contribution >= 0.6 is 0 Å². The van der Waals surface area contributed by atoms with Gasteiger partial charge in [0.1, 0.15) is 0 Å². The predicted octanol–water partition coefficient (Wildman–Crippen LogP) is 2.99. The summed E-state index contributed by atoms with van der Waals surface area (Å²) in [5.74, 6) is 0.138. The van der Waals surface area contributed by atoms with E-state index in [4.69, 9.17) is 5.11 Å². The molecule has 0 saturated heterocycles. The molecular weight excluding hydrogens is 176 g/mol. The van der Waals surface area contributed by atoms with Gasteiger partial charge in [0.25, 0.3) is 0 Å². The number of hydrogen-bond acceptors (Lipinski definition) is 1. The van der Waals surface area contributed by atoms with E-state index >= 15 is 0 Å². The quantitative estimate of drug-likeness (QED) is 0.686. The summed E-state index contributed by atoms with van der Waals surface area (Å²) >= 11 is 0. The molecule has 2 fully saturated rings. The zero-order valence-corrected chi connectivity index (χ0v) is 8.97. The fourth-order valence-electron chi connectivity index (χ4n) is 3.28. The summed E-state index contributed by atoms with van der Waals surface area (Å²) in [5, 5.41) is 8.98. The third-order valence-electron chi connectivity index (χ3n) is 4.42. The van der Waals surface area contributed by atoms with Gasteiger partial charge in [-0.2, -0.15) is 0 Å². The Morgan fingerprint density at radius 2 is 1.86 bits per heavy atom. The lowest BCUT2D eigenvalue weighted by atomic mass is 9.76. The molecule has 78 valence electrons. The highest BCUT2D eigenvalue weighted by Crippen LogP contribution is 2.58. The first-order valence-electron chi connectivity index (χ1n) is 5.46. The Bertz CT molecular complexity index is 293. The lowest BCUT2D eigenvalue weighted by molar-refractivity contribution is -0.132. The smallest absolute Gasteiger partial charge is 0.331 e. The van der Waals surface area contributed by atoms with Gasteiger partial charge in [0.15, 0.2) is 0 Å². The second-order valence-electron chi connectivity index (χ2n) is 4.98. The largest absolute Gasteiger partial charge is 0.478 e. The molecule has 2 nitrogen and oxygen atoms in total. The molecule has 14 heavy (non-hydrogen) atoms. The molecule has 0 aliphatic heterocycles. The highest BCUT2D eigenvalue weighted by Gasteiger charge is 2.46. The van der Waals surface area contributed by atoms with Gasteiger partial charge >= 0.3 is 5.97 Å². The van der Waals surface area contributed by atoms with Crippen molar-refractivity contribution in [3.8, 4) is 0 Å². The summed E-state index contributed by atoms with van der Waals surface area (Å²) in [6, 6.07) is 0. The van der Waals surface area contributed by atoms with Crippen LogP contribution in [0.4, 0.5) is 0 Å². The molecule has 2 aliphatic carbocycles. The van der Waals surface area contributed by atoms with Gasteiger partial charge in [-0.3, -0.25) is 0 Å². The molecule has 0 aromatic rings. The van der Waals surface area contributed by atoms with E-state index in [1.165, 1.54) is 32.1 Å². The Hall–Kier alpha value is -0.790. The van der Waals surface area contributed by atoms with E-state index in [0.717, 1.165) is 11.5 Å². The summed E-state index contributed by atoms with van der Waals surface area (Å²) in [6.45, 7) is 3.77. The second-order valence-corrected chi connectivity index (χ2v) is 4.98. The monoisotopic (exact) mass is 194 g/mol. The number of carbonyl (C=O) groups is 1. The van der Waals surface area contributed by atoms with Gasteiger partial charge < -0.3 is 5.11 Å². The number of aliphatic carboxylic acids is 1. The molecule has 2 bridgehead atoms. The average Bonchev–Trinajstić information content (AvgIpc) is 2.75. The van der Waals surface area contributed by atoms with Gasteiger partial charge in [-0.25, -0.2) is 4.79 Å². The van der Waals surface area contributed by atoms with Crippen molar-refractivity contribution in [2.75, 3.05) is 0 Å². The summed E-state index contributed by atoms with van der Waals surface area (Å²) in [4.78, 5) is 10.9. The minimum absolute atomic E-state index is 0.271. The summed E-state index contributed by atoms with van der Waals surface area (Å²) in [5.41, 5.74) is 1.99. The first kappa shape index (κ1) is 9.75. The number of rotatable bonds is 2. The van der Waals surface area contributed by atoms with Gasteiger partial charge in [0, 0.05) is 5.57 Å². The maximum atomic E-state index is 10.9. The average molecular weight is 194 g/mol. The standard InChI is InChI=1S/C12H18O2/c1-8(11(13)14)9(2)12-5-3-10(7-12)4-6-12/h10H,3-7H2,1-2H3,(H,13,14). The topological polar surface area (TPSA) is 37.3 Å². The molecule has 1 N–H and O–H groups in total. The Morgan fingerprint density at radius 3 is 2.21 bits per heavy atom. The van der Waals surface area contributed by atoms with Crippen LogP contribution in [0.15, 0.2) is 11.1 Å². The first-order valence-corrected chi connectivity index (χ1v) is 5.46. The van der Waals surface area contributed by atoms with Gasteiger partial charge in [-0.15, -0.1) is 0 Å². The number of fused-ring (bicyclic) bond motifs is 2. The molecule has 2 aliphatic rings. The summed E-state index contributed by atoms with van der Waals surface area (Å²) in [7, 11) is 0. The maximum Gasteiger partial charge on any atom is 0.331 e. The van der Waals surface area contributed by atoms with E-state index in [-0.39, 0.29) is 5.41 Å². The van der Waals surface area contributed by atoms with Crippen LogP contribution in [0.2, 0.25) is 0 Å². The molecule has 0 spiro atoms. The fraction of sp³-hybridized carbons (Fsp3) is 0.750. The van der Waals surface area contributed by atoms with Crippen LogP contribution in [0, 0.1) is 11.3 Å². The van der Waals surface area contributed by atoms with E-state index in [1.54, 1.807) is 6.92 Å². The normalized spacial score (nSPS) is 37.1. The molecule has 0 atom stereocenters.